The summed E-state index contributed by atoms with van der Waals surface area (Å²) in [6, 6.07) is 16.9. The Morgan fingerprint density at radius 3 is 1.92 bits per heavy atom. The number of imide groups is 1. The molecule has 0 unspecified atom stereocenters. The summed E-state index contributed by atoms with van der Waals surface area (Å²) in [5.41, 5.74) is 1.07. The average molecular weight is 337 g/mol. The largest absolute Gasteiger partial charge is 0.494 e. The zero-order valence-corrected chi connectivity index (χ0v) is 14.3. The van der Waals surface area contributed by atoms with E-state index in [4.69, 9.17) is 4.74 Å². The Morgan fingerprint density at radius 1 is 0.680 bits per heavy atom. The molecule has 1 aliphatic heterocycles. The molecule has 0 N–H and O–H groups in total. The lowest BCUT2D eigenvalue weighted by Crippen LogP contribution is -2.30. The van der Waals surface area contributed by atoms with Crippen LogP contribution in [0.3, 0.4) is 0 Å². The van der Waals surface area contributed by atoms with Crippen LogP contribution in [0, 0.1) is 0 Å². The summed E-state index contributed by atoms with van der Waals surface area (Å²) in [6.45, 7) is 1.23. The molecule has 130 valence electrons. The van der Waals surface area contributed by atoms with Gasteiger partial charge in [-0.25, -0.2) is 0 Å². The highest BCUT2D eigenvalue weighted by Crippen LogP contribution is 2.22. The van der Waals surface area contributed by atoms with Gasteiger partial charge in [0.25, 0.3) is 11.8 Å². The number of hydrogen-bond acceptors (Lipinski definition) is 3. The Balaban J connectivity index is 1.29. The monoisotopic (exact) mass is 337 g/mol. The van der Waals surface area contributed by atoms with Crippen LogP contribution in [0.5, 0.6) is 5.75 Å². The van der Waals surface area contributed by atoms with Crippen molar-refractivity contribution in [1.29, 1.82) is 0 Å². The average Bonchev–Trinajstić information content (AvgIpc) is 2.90. The van der Waals surface area contributed by atoms with E-state index >= 15 is 0 Å². The summed E-state index contributed by atoms with van der Waals surface area (Å²) in [5, 5.41) is 0. The van der Waals surface area contributed by atoms with Crippen molar-refractivity contribution >= 4 is 11.8 Å². The maximum absolute atomic E-state index is 12.2. The zero-order valence-electron chi connectivity index (χ0n) is 14.3. The number of nitrogens with zero attached hydrogens (tertiary/aromatic N) is 1. The first kappa shape index (κ1) is 17.2. The molecule has 1 aliphatic rings. The summed E-state index contributed by atoms with van der Waals surface area (Å²) in [7, 11) is 0. The summed E-state index contributed by atoms with van der Waals surface area (Å²) in [4.78, 5) is 25.8. The van der Waals surface area contributed by atoms with Gasteiger partial charge in [0.2, 0.25) is 0 Å². The number of amides is 2. The molecular formula is C21H23NO3. The number of ether oxygens (including phenoxy) is 1. The Bertz CT molecular complexity index is 692. The quantitative estimate of drug-likeness (QED) is 0.506. The molecular weight excluding hydrogens is 314 g/mol. The van der Waals surface area contributed by atoms with Gasteiger partial charge in [0.1, 0.15) is 5.75 Å². The van der Waals surface area contributed by atoms with Gasteiger partial charge in [0.15, 0.2) is 0 Å². The molecule has 4 nitrogen and oxygen atoms in total. The second-order valence-corrected chi connectivity index (χ2v) is 6.24. The lowest BCUT2D eigenvalue weighted by Gasteiger charge is -2.13. The summed E-state index contributed by atoms with van der Waals surface area (Å²) in [6.07, 6.45) is 5.06. The highest BCUT2D eigenvalue weighted by molar-refractivity contribution is 6.21. The second-order valence-electron chi connectivity index (χ2n) is 6.24. The van der Waals surface area contributed by atoms with Crippen LogP contribution >= 0.6 is 0 Å². The van der Waals surface area contributed by atoms with Crippen LogP contribution < -0.4 is 4.74 Å². The number of carbonyl (C=O) groups excluding carboxylic acids is 2. The van der Waals surface area contributed by atoms with Crippen molar-refractivity contribution in [2.24, 2.45) is 0 Å². The normalized spacial score (nSPS) is 13.2. The van der Waals surface area contributed by atoms with Gasteiger partial charge in [0, 0.05) is 6.54 Å². The number of fused-ring (bicyclic) bond motifs is 1. The van der Waals surface area contributed by atoms with Gasteiger partial charge >= 0.3 is 0 Å². The van der Waals surface area contributed by atoms with Crippen molar-refractivity contribution in [1.82, 2.24) is 4.90 Å². The molecule has 0 spiro atoms. The molecule has 0 saturated carbocycles. The summed E-state index contributed by atoms with van der Waals surface area (Å²) < 4.78 is 5.66. The number of para-hydroxylation sites is 1. The van der Waals surface area contributed by atoms with Crippen molar-refractivity contribution in [3.05, 3.63) is 65.7 Å². The van der Waals surface area contributed by atoms with E-state index < -0.39 is 0 Å². The zero-order chi connectivity index (χ0) is 17.5. The minimum absolute atomic E-state index is 0.156. The third-order valence-corrected chi connectivity index (χ3v) is 4.42. The Kier molecular flexibility index (Phi) is 5.83. The van der Waals surface area contributed by atoms with Gasteiger partial charge < -0.3 is 4.74 Å². The van der Waals surface area contributed by atoms with Gasteiger partial charge in [-0.3, -0.25) is 14.5 Å². The first-order chi connectivity index (χ1) is 12.3. The van der Waals surface area contributed by atoms with Crippen LogP contribution in [-0.2, 0) is 0 Å². The number of hydrogen-bond donors (Lipinski definition) is 0. The van der Waals surface area contributed by atoms with E-state index in [0.29, 0.717) is 17.7 Å². The van der Waals surface area contributed by atoms with Crippen molar-refractivity contribution < 1.29 is 14.3 Å². The van der Waals surface area contributed by atoms with Gasteiger partial charge in [-0.2, -0.15) is 0 Å². The van der Waals surface area contributed by atoms with Crippen molar-refractivity contribution in [2.45, 2.75) is 32.1 Å². The molecule has 2 amide bonds. The number of rotatable bonds is 9. The Hall–Kier alpha value is -2.62. The topological polar surface area (TPSA) is 46.6 Å². The number of unbranched alkanes of at least 4 members (excludes halogenated alkanes) is 4. The molecule has 0 fully saturated rings. The fourth-order valence-electron chi connectivity index (χ4n) is 3.05. The molecule has 1 heterocycles. The van der Waals surface area contributed by atoms with Crippen LogP contribution in [0.2, 0.25) is 0 Å². The fraction of sp³-hybridized carbons (Fsp3) is 0.333. The Morgan fingerprint density at radius 2 is 1.24 bits per heavy atom. The highest BCUT2D eigenvalue weighted by Gasteiger charge is 2.34. The van der Waals surface area contributed by atoms with Crippen LogP contribution in [0.25, 0.3) is 0 Å². The van der Waals surface area contributed by atoms with Crippen LogP contribution in [0.4, 0.5) is 0 Å². The maximum Gasteiger partial charge on any atom is 0.261 e. The molecule has 0 atom stereocenters. The van der Waals surface area contributed by atoms with Gasteiger partial charge in [-0.1, -0.05) is 49.6 Å². The highest BCUT2D eigenvalue weighted by atomic mass is 16.5. The van der Waals surface area contributed by atoms with Crippen LogP contribution in [0.1, 0.15) is 52.8 Å². The van der Waals surface area contributed by atoms with Crippen molar-refractivity contribution in [3.63, 3.8) is 0 Å². The van der Waals surface area contributed by atoms with Crippen LogP contribution in [-0.4, -0.2) is 29.9 Å². The molecule has 3 rings (SSSR count). The minimum atomic E-state index is -0.156. The van der Waals surface area contributed by atoms with E-state index in [0.717, 1.165) is 44.5 Å². The molecule has 0 bridgehead atoms. The lowest BCUT2D eigenvalue weighted by atomic mass is 10.1. The SMILES string of the molecule is O=C1c2ccccc2C(=O)N1CCCCCCCOc1ccccc1. The molecule has 0 aromatic heterocycles. The first-order valence-corrected chi connectivity index (χ1v) is 8.90. The van der Waals surface area contributed by atoms with Gasteiger partial charge in [-0.05, 0) is 37.1 Å². The van der Waals surface area contributed by atoms with E-state index in [9.17, 15) is 9.59 Å². The Labute approximate surface area is 148 Å². The molecule has 25 heavy (non-hydrogen) atoms. The first-order valence-electron chi connectivity index (χ1n) is 8.90. The smallest absolute Gasteiger partial charge is 0.261 e. The van der Waals surface area contributed by atoms with Crippen LogP contribution in [0.15, 0.2) is 54.6 Å². The minimum Gasteiger partial charge on any atom is -0.494 e. The van der Waals surface area contributed by atoms with Gasteiger partial charge in [-0.15, -0.1) is 0 Å². The molecule has 2 aromatic carbocycles. The van der Waals surface area contributed by atoms with E-state index in [2.05, 4.69) is 0 Å². The second kappa shape index (κ2) is 8.47. The molecule has 2 aromatic rings. The third kappa shape index (κ3) is 4.27. The fourth-order valence-corrected chi connectivity index (χ4v) is 3.05. The number of carbonyl (C=O) groups is 2. The maximum atomic E-state index is 12.2. The van der Waals surface area contributed by atoms with Crippen molar-refractivity contribution in [3.8, 4) is 5.75 Å². The molecule has 0 radical (unpaired) electrons. The molecule has 0 aliphatic carbocycles. The standard InChI is InChI=1S/C21H23NO3/c23-20-18-13-7-8-14-19(18)21(24)22(20)15-9-2-1-3-10-16-25-17-11-5-4-6-12-17/h4-8,11-14H,1-3,9-10,15-16H2. The predicted octanol–water partition coefficient (Wildman–Crippen LogP) is 4.31. The molecule has 0 saturated heterocycles. The third-order valence-electron chi connectivity index (χ3n) is 4.42. The van der Waals surface area contributed by atoms with Gasteiger partial charge in [0.05, 0.1) is 17.7 Å². The summed E-state index contributed by atoms with van der Waals surface area (Å²) in [5.74, 6) is 0.599. The van der Waals surface area contributed by atoms with E-state index in [1.54, 1.807) is 24.3 Å². The van der Waals surface area contributed by atoms with Crippen molar-refractivity contribution in [2.75, 3.05) is 13.2 Å². The summed E-state index contributed by atoms with van der Waals surface area (Å²) >= 11 is 0. The molecule has 4 heteroatoms. The van der Waals surface area contributed by atoms with E-state index in [1.807, 2.05) is 30.3 Å². The number of benzene rings is 2. The lowest BCUT2D eigenvalue weighted by molar-refractivity contribution is 0.0651. The van der Waals surface area contributed by atoms with E-state index in [1.165, 1.54) is 4.90 Å². The van der Waals surface area contributed by atoms with E-state index in [-0.39, 0.29) is 11.8 Å². The predicted molar refractivity (Wildman–Crippen MR) is 96.8 cm³/mol.